The van der Waals surface area contributed by atoms with Gasteiger partial charge in [-0.25, -0.2) is 0 Å². The second kappa shape index (κ2) is 5.18. The summed E-state index contributed by atoms with van der Waals surface area (Å²) < 4.78 is 1.85. The predicted octanol–water partition coefficient (Wildman–Crippen LogP) is -0.329. The van der Waals surface area contributed by atoms with Crippen LogP contribution in [0.25, 0.3) is 0 Å². The first-order valence-electron chi connectivity index (χ1n) is 7.22. The van der Waals surface area contributed by atoms with E-state index in [4.69, 9.17) is 0 Å². The fourth-order valence-corrected chi connectivity index (χ4v) is 3.72. The molecular formula is C14H23N5O. The molecule has 3 heterocycles. The molecule has 1 aromatic rings. The van der Waals surface area contributed by atoms with E-state index in [-0.39, 0.29) is 11.9 Å². The van der Waals surface area contributed by atoms with E-state index < -0.39 is 0 Å². The van der Waals surface area contributed by atoms with E-state index in [2.05, 4.69) is 33.5 Å². The summed E-state index contributed by atoms with van der Waals surface area (Å²) in [7, 11) is 5.75. The number of nitrogens with zero attached hydrogens (tertiary/aromatic N) is 4. The van der Waals surface area contributed by atoms with Crippen LogP contribution in [0.5, 0.6) is 0 Å². The van der Waals surface area contributed by atoms with Crippen LogP contribution in [0.1, 0.15) is 12.0 Å². The Morgan fingerprint density at radius 3 is 2.85 bits per heavy atom. The number of rotatable bonds is 3. The van der Waals surface area contributed by atoms with Crippen molar-refractivity contribution in [1.29, 1.82) is 0 Å². The molecule has 6 nitrogen and oxygen atoms in total. The molecule has 1 aromatic heterocycles. The third-order valence-electron chi connectivity index (χ3n) is 4.74. The Morgan fingerprint density at radius 1 is 1.45 bits per heavy atom. The van der Waals surface area contributed by atoms with E-state index in [0.29, 0.717) is 12.0 Å². The van der Waals surface area contributed by atoms with Crippen LogP contribution in [0, 0.1) is 5.92 Å². The molecule has 2 fully saturated rings. The van der Waals surface area contributed by atoms with Gasteiger partial charge in [0, 0.05) is 51.5 Å². The highest BCUT2D eigenvalue weighted by molar-refractivity contribution is 5.81. The molecule has 0 aliphatic carbocycles. The fraction of sp³-hybridized carbons (Fsp3) is 0.714. The lowest BCUT2D eigenvalue weighted by atomic mass is 10.0. The van der Waals surface area contributed by atoms with Crippen molar-refractivity contribution in [1.82, 2.24) is 24.9 Å². The van der Waals surface area contributed by atoms with E-state index in [1.807, 2.05) is 17.9 Å². The maximum atomic E-state index is 11.9. The van der Waals surface area contributed by atoms with Crippen molar-refractivity contribution < 1.29 is 4.79 Å². The molecule has 2 aliphatic heterocycles. The van der Waals surface area contributed by atoms with Crippen molar-refractivity contribution >= 4 is 5.91 Å². The number of carbonyl (C=O) groups is 1. The zero-order valence-corrected chi connectivity index (χ0v) is 12.4. The molecule has 1 amide bonds. The molecule has 0 unspecified atom stereocenters. The molecule has 110 valence electrons. The summed E-state index contributed by atoms with van der Waals surface area (Å²) in [6, 6.07) is 0.560. The monoisotopic (exact) mass is 277 g/mol. The Bertz CT molecular complexity index is 500. The fourth-order valence-electron chi connectivity index (χ4n) is 3.72. The summed E-state index contributed by atoms with van der Waals surface area (Å²) >= 11 is 0. The minimum Gasteiger partial charge on any atom is -0.358 e. The molecule has 2 saturated heterocycles. The minimum absolute atomic E-state index is 0.0514. The van der Waals surface area contributed by atoms with E-state index in [9.17, 15) is 4.79 Å². The number of hydrogen-bond donors (Lipinski definition) is 1. The third kappa shape index (κ3) is 2.33. The quantitative estimate of drug-likeness (QED) is 0.822. The maximum Gasteiger partial charge on any atom is 0.237 e. The van der Waals surface area contributed by atoms with Gasteiger partial charge in [0.2, 0.25) is 5.91 Å². The average molecular weight is 277 g/mol. The first-order valence-corrected chi connectivity index (χ1v) is 7.22. The van der Waals surface area contributed by atoms with Crippen molar-refractivity contribution in [2.45, 2.75) is 25.0 Å². The van der Waals surface area contributed by atoms with Crippen LogP contribution in [0.3, 0.4) is 0 Å². The highest BCUT2D eigenvalue weighted by Gasteiger charge is 2.46. The summed E-state index contributed by atoms with van der Waals surface area (Å²) in [5.41, 5.74) is 1.26. The van der Waals surface area contributed by atoms with Gasteiger partial charge < -0.3 is 5.32 Å². The summed E-state index contributed by atoms with van der Waals surface area (Å²) in [6.45, 7) is 3.08. The summed E-state index contributed by atoms with van der Waals surface area (Å²) in [4.78, 5) is 16.6. The second-order valence-corrected chi connectivity index (χ2v) is 6.07. The summed E-state index contributed by atoms with van der Waals surface area (Å²) in [6.07, 6.45) is 4.99. The topological polar surface area (TPSA) is 53.4 Å². The predicted molar refractivity (Wildman–Crippen MR) is 76.0 cm³/mol. The number of amides is 1. The van der Waals surface area contributed by atoms with Crippen LogP contribution in [0.15, 0.2) is 12.4 Å². The van der Waals surface area contributed by atoms with Crippen molar-refractivity contribution in [2.75, 3.05) is 27.2 Å². The van der Waals surface area contributed by atoms with Crippen molar-refractivity contribution in [3.63, 3.8) is 0 Å². The first kappa shape index (κ1) is 13.6. The molecule has 6 heteroatoms. The number of carbonyl (C=O) groups excluding carboxylic acids is 1. The zero-order valence-electron chi connectivity index (χ0n) is 12.4. The van der Waals surface area contributed by atoms with Gasteiger partial charge in [-0.05, 0) is 19.4 Å². The van der Waals surface area contributed by atoms with Gasteiger partial charge in [-0.2, -0.15) is 5.10 Å². The molecule has 1 N–H and O–H groups in total. The molecule has 0 spiro atoms. The molecular weight excluding hydrogens is 254 g/mol. The highest BCUT2D eigenvalue weighted by Crippen LogP contribution is 2.35. The van der Waals surface area contributed by atoms with Crippen LogP contribution in [-0.2, 0) is 18.4 Å². The molecule has 0 radical (unpaired) electrons. The molecule has 0 bridgehead atoms. The van der Waals surface area contributed by atoms with Crippen LogP contribution in [0.2, 0.25) is 0 Å². The Labute approximate surface area is 119 Å². The normalized spacial score (nSPS) is 30.6. The molecule has 2 aliphatic rings. The van der Waals surface area contributed by atoms with Gasteiger partial charge in [0.15, 0.2) is 0 Å². The standard InChI is InChI=1S/C14H23N5O/c1-15-14(20)12-4-11-8-19(9-13(11)18(12)3)7-10-5-16-17(2)6-10/h5-6,11-13H,4,7-9H2,1-3H3,(H,15,20)/t11-,12-,13+/m1/s1. The maximum absolute atomic E-state index is 11.9. The number of nitrogens with one attached hydrogen (secondary N) is 1. The molecule has 3 rings (SSSR count). The highest BCUT2D eigenvalue weighted by atomic mass is 16.2. The Hall–Kier alpha value is -1.40. The Kier molecular flexibility index (Phi) is 3.52. The zero-order chi connectivity index (χ0) is 14.3. The van der Waals surface area contributed by atoms with Gasteiger partial charge in [-0.15, -0.1) is 0 Å². The van der Waals surface area contributed by atoms with Crippen molar-refractivity contribution in [3.05, 3.63) is 18.0 Å². The Balaban J connectivity index is 1.61. The average Bonchev–Trinajstić information content (AvgIpc) is 3.07. The molecule has 3 atom stereocenters. The van der Waals surface area contributed by atoms with Crippen LogP contribution in [-0.4, -0.2) is 64.8 Å². The van der Waals surface area contributed by atoms with Gasteiger partial charge in [-0.1, -0.05) is 0 Å². The smallest absolute Gasteiger partial charge is 0.237 e. The van der Waals surface area contributed by atoms with Crippen LogP contribution < -0.4 is 5.32 Å². The number of fused-ring (bicyclic) bond motifs is 1. The van der Waals surface area contributed by atoms with Gasteiger partial charge in [-0.3, -0.25) is 19.3 Å². The molecule has 0 saturated carbocycles. The van der Waals surface area contributed by atoms with E-state index in [1.165, 1.54) is 5.56 Å². The largest absolute Gasteiger partial charge is 0.358 e. The van der Waals surface area contributed by atoms with Crippen LogP contribution in [0.4, 0.5) is 0 Å². The SMILES string of the molecule is CNC(=O)[C@H]1C[C@@H]2CN(Cc3cnn(C)c3)C[C@@H]2N1C. The third-order valence-corrected chi connectivity index (χ3v) is 4.74. The van der Waals surface area contributed by atoms with Crippen LogP contribution >= 0.6 is 0 Å². The van der Waals surface area contributed by atoms with E-state index in [1.54, 1.807) is 7.05 Å². The first-order chi connectivity index (χ1) is 9.58. The number of likely N-dealkylation sites (N-methyl/N-ethyl adjacent to an activating group) is 2. The number of likely N-dealkylation sites (tertiary alicyclic amines) is 2. The van der Waals surface area contributed by atoms with Crippen molar-refractivity contribution in [2.24, 2.45) is 13.0 Å². The summed E-state index contributed by atoms with van der Waals surface area (Å²) in [5.74, 6) is 0.764. The van der Waals surface area contributed by atoms with Gasteiger partial charge in [0.25, 0.3) is 0 Å². The lowest BCUT2D eigenvalue weighted by Gasteiger charge is -2.25. The molecule has 20 heavy (non-hydrogen) atoms. The summed E-state index contributed by atoms with van der Waals surface area (Å²) in [5, 5.41) is 6.99. The van der Waals surface area contributed by atoms with Gasteiger partial charge in [0.1, 0.15) is 0 Å². The lowest BCUT2D eigenvalue weighted by Crippen LogP contribution is -2.44. The van der Waals surface area contributed by atoms with Gasteiger partial charge >= 0.3 is 0 Å². The number of aryl methyl sites for hydroxylation is 1. The Morgan fingerprint density at radius 2 is 2.25 bits per heavy atom. The minimum atomic E-state index is 0.0514. The molecule has 0 aromatic carbocycles. The van der Waals surface area contributed by atoms with Crippen molar-refractivity contribution in [3.8, 4) is 0 Å². The number of aromatic nitrogens is 2. The number of hydrogen-bond acceptors (Lipinski definition) is 4. The van der Waals surface area contributed by atoms with E-state index in [0.717, 1.165) is 26.1 Å². The second-order valence-electron chi connectivity index (χ2n) is 6.07. The van der Waals surface area contributed by atoms with E-state index >= 15 is 0 Å². The lowest BCUT2D eigenvalue weighted by molar-refractivity contribution is -0.125. The van der Waals surface area contributed by atoms with Gasteiger partial charge in [0.05, 0.1) is 12.2 Å².